The first-order valence-electron chi connectivity index (χ1n) is 8.92. The third-order valence-corrected chi connectivity index (χ3v) is 4.38. The van der Waals surface area contributed by atoms with Gasteiger partial charge in [-0.15, -0.1) is 0 Å². The maximum atomic E-state index is 12.4. The van der Waals surface area contributed by atoms with Crippen LogP contribution in [0.2, 0.25) is 0 Å². The lowest BCUT2D eigenvalue weighted by Gasteiger charge is -2.21. The fourth-order valence-corrected chi connectivity index (χ4v) is 2.60. The maximum Gasteiger partial charge on any atom is 0.261 e. The molecule has 4 nitrogen and oxygen atoms in total. The van der Waals surface area contributed by atoms with Crippen LogP contribution in [0.1, 0.15) is 51.8 Å². The van der Waals surface area contributed by atoms with Gasteiger partial charge in [0.05, 0.1) is 13.2 Å². The lowest BCUT2D eigenvalue weighted by Crippen LogP contribution is -2.37. The molecule has 0 aliphatic heterocycles. The highest BCUT2D eigenvalue weighted by Gasteiger charge is 2.18. The Morgan fingerprint density at radius 2 is 1.46 bits per heavy atom. The molecule has 0 saturated carbocycles. The largest absolute Gasteiger partial charge is 0.497 e. The molecule has 2 atom stereocenters. The number of hydrogen-bond donors (Lipinski definition) is 1. The molecule has 2 rings (SSSR count). The first-order chi connectivity index (χ1) is 12.2. The van der Waals surface area contributed by atoms with Crippen LogP contribution < -0.4 is 14.8 Å². The van der Waals surface area contributed by atoms with Crippen LogP contribution in [-0.4, -0.2) is 19.1 Å². The van der Waals surface area contributed by atoms with Crippen LogP contribution in [-0.2, 0) is 10.2 Å². The highest BCUT2D eigenvalue weighted by atomic mass is 16.5. The van der Waals surface area contributed by atoms with E-state index in [1.54, 1.807) is 14.0 Å². The topological polar surface area (TPSA) is 47.6 Å². The van der Waals surface area contributed by atoms with Crippen LogP contribution in [0.15, 0.2) is 48.5 Å². The van der Waals surface area contributed by atoms with E-state index in [0.29, 0.717) is 5.75 Å². The van der Waals surface area contributed by atoms with Gasteiger partial charge in [0, 0.05) is 0 Å². The van der Waals surface area contributed by atoms with Crippen molar-refractivity contribution in [2.45, 2.75) is 52.2 Å². The molecule has 0 aliphatic carbocycles. The molecular formula is C22H29NO3. The van der Waals surface area contributed by atoms with Crippen molar-refractivity contribution in [3.8, 4) is 11.5 Å². The molecule has 4 heteroatoms. The van der Waals surface area contributed by atoms with Gasteiger partial charge < -0.3 is 14.8 Å². The first kappa shape index (κ1) is 19.8. The molecule has 0 saturated heterocycles. The van der Waals surface area contributed by atoms with Crippen molar-refractivity contribution in [3.05, 3.63) is 59.7 Å². The summed E-state index contributed by atoms with van der Waals surface area (Å²) in [6.07, 6.45) is -0.573. The van der Waals surface area contributed by atoms with Gasteiger partial charge in [-0.1, -0.05) is 45.0 Å². The van der Waals surface area contributed by atoms with Crippen molar-refractivity contribution < 1.29 is 14.3 Å². The number of hydrogen-bond acceptors (Lipinski definition) is 3. The molecule has 26 heavy (non-hydrogen) atoms. The van der Waals surface area contributed by atoms with Crippen molar-refractivity contribution in [1.82, 2.24) is 5.32 Å². The molecule has 1 amide bonds. The molecule has 2 unspecified atom stereocenters. The number of amides is 1. The highest BCUT2D eigenvalue weighted by molar-refractivity contribution is 5.81. The monoisotopic (exact) mass is 355 g/mol. The van der Waals surface area contributed by atoms with Crippen LogP contribution in [0.4, 0.5) is 0 Å². The average molecular weight is 355 g/mol. The van der Waals surface area contributed by atoms with Crippen LogP contribution in [0.3, 0.4) is 0 Å². The Balaban J connectivity index is 1.94. The van der Waals surface area contributed by atoms with E-state index >= 15 is 0 Å². The zero-order valence-electron chi connectivity index (χ0n) is 16.5. The van der Waals surface area contributed by atoms with Gasteiger partial charge in [-0.05, 0) is 54.7 Å². The van der Waals surface area contributed by atoms with E-state index in [1.165, 1.54) is 5.56 Å². The molecule has 0 radical (unpaired) electrons. The molecule has 2 aromatic carbocycles. The van der Waals surface area contributed by atoms with Gasteiger partial charge in [0.25, 0.3) is 5.91 Å². The second kappa shape index (κ2) is 8.26. The van der Waals surface area contributed by atoms with Crippen molar-refractivity contribution in [2.75, 3.05) is 7.11 Å². The number of ether oxygens (including phenoxy) is 2. The molecule has 0 spiro atoms. The van der Waals surface area contributed by atoms with Gasteiger partial charge in [0.2, 0.25) is 0 Å². The summed E-state index contributed by atoms with van der Waals surface area (Å²) in [4.78, 5) is 12.4. The van der Waals surface area contributed by atoms with E-state index in [4.69, 9.17) is 9.47 Å². The van der Waals surface area contributed by atoms with E-state index in [1.807, 2.05) is 55.5 Å². The fourth-order valence-electron chi connectivity index (χ4n) is 2.60. The molecule has 0 heterocycles. The number of methoxy groups -OCH3 is 1. The minimum Gasteiger partial charge on any atom is -0.497 e. The van der Waals surface area contributed by atoms with Crippen LogP contribution in [0.5, 0.6) is 11.5 Å². The smallest absolute Gasteiger partial charge is 0.261 e. The number of benzene rings is 2. The van der Waals surface area contributed by atoms with E-state index in [-0.39, 0.29) is 17.4 Å². The third-order valence-electron chi connectivity index (χ3n) is 4.38. The zero-order chi connectivity index (χ0) is 19.3. The molecule has 140 valence electrons. The average Bonchev–Trinajstić information content (AvgIpc) is 2.61. The van der Waals surface area contributed by atoms with Crippen molar-refractivity contribution >= 4 is 5.91 Å². The molecular weight excluding hydrogens is 326 g/mol. The number of carbonyl (C=O) groups excluding carboxylic acids is 1. The lowest BCUT2D eigenvalue weighted by atomic mass is 9.87. The minimum atomic E-state index is -0.573. The van der Waals surface area contributed by atoms with Crippen LogP contribution in [0, 0.1) is 0 Å². The summed E-state index contributed by atoms with van der Waals surface area (Å²) in [6.45, 7) is 10.2. The van der Waals surface area contributed by atoms with E-state index < -0.39 is 6.10 Å². The van der Waals surface area contributed by atoms with Gasteiger partial charge in [0.15, 0.2) is 6.10 Å². The summed E-state index contributed by atoms with van der Waals surface area (Å²) in [5, 5.41) is 2.98. The molecule has 2 aromatic rings. The fraction of sp³-hybridized carbons (Fsp3) is 0.409. The second-order valence-corrected chi connectivity index (χ2v) is 7.54. The van der Waals surface area contributed by atoms with E-state index in [9.17, 15) is 4.79 Å². The van der Waals surface area contributed by atoms with Crippen molar-refractivity contribution in [1.29, 1.82) is 0 Å². The molecule has 0 aliphatic rings. The molecule has 1 N–H and O–H groups in total. The summed E-state index contributed by atoms with van der Waals surface area (Å²) in [6, 6.07) is 15.5. The lowest BCUT2D eigenvalue weighted by molar-refractivity contribution is -0.127. The summed E-state index contributed by atoms with van der Waals surface area (Å²) in [5.41, 5.74) is 2.34. The van der Waals surface area contributed by atoms with Crippen LogP contribution in [0.25, 0.3) is 0 Å². The summed E-state index contributed by atoms with van der Waals surface area (Å²) < 4.78 is 10.9. The predicted molar refractivity (Wildman–Crippen MR) is 105 cm³/mol. The van der Waals surface area contributed by atoms with Gasteiger partial charge >= 0.3 is 0 Å². The minimum absolute atomic E-state index is 0.0926. The standard InChI is InChI=1S/C22H29NO3/c1-15(17-7-11-19(25-6)12-8-17)23-21(24)16(2)26-20-13-9-18(10-14-20)22(3,4)5/h7-16H,1-6H3,(H,23,24). The summed E-state index contributed by atoms with van der Waals surface area (Å²) in [5.74, 6) is 1.34. The Hall–Kier alpha value is -2.49. The molecule has 0 bridgehead atoms. The first-order valence-corrected chi connectivity index (χ1v) is 8.92. The van der Waals surface area contributed by atoms with E-state index in [2.05, 4.69) is 26.1 Å². The van der Waals surface area contributed by atoms with E-state index in [0.717, 1.165) is 11.3 Å². The molecule has 0 aromatic heterocycles. The van der Waals surface area contributed by atoms with Gasteiger partial charge in [0.1, 0.15) is 11.5 Å². The quantitative estimate of drug-likeness (QED) is 0.821. The zero-order valence-corrected chi connectivity index (χ0v) is 16.5. The predicted octanol–water partition coefficient (Wildman–Crippen LogP) is 4.64. The SMILES string of the molecule is COc1ccc(C(C)NC(=O)C(C)Oc2ccc(C(C)(C)C)cc2)cc1. The normalized spacial score (nSPS) is 13.6. The Morgan fingerprint density at radius 3 is 1.96 bits per heavy atom. The molecule has 0 fully saturated rings. The Bertz CT molecular complexity index is 715. The van der Waals surface area contributed by atoms with Gasteiger partial charge in [-0.3, -0.25) is 4.79 Å². The highest BCUT2D eigenvalue weighted by Crippen LogP contribution is 2.25. The Morgan fingerprint density at radius 1 is 0.923 bits per heavy atom. The maximum absolute atomic E-state index is 12.4. The summed E-state index contributed by atoms with van der Waals surface area (Å²) >= 11 is 0. The van der Waals surface area contributed by atoms with Crippen LogP contribution >= 0.6 is 0 Å². The van der Waals surface area contributed by atoms with Crippen molar-refractivity contribution in [2.24, 2.45) is 0 Å². The number of carbonyl (C=O) groups is 1. The summed E-state index contributed by atoms with van der Waals surface area (Å²) in [7, 11) is 1.63. The Kier molecular flexibility index (Phi) is 6.30. The van der Waals surface area contributed by atoms with Gasteiger partial charge in [-0.2, -0.15) is 0 Å². The van der Waals surface area contributed by atoms with Crippen molar-refractivity contribution in [3.63, 3.8) is 0 Å². The Labute approximate surface area is 156 Å². The number of nitrogens with one attached hydrogen (secondary N) is 1. The second-order valence-electron chi connectivity index (χ2n) is 7.54. The number of rotatable bonds is 6. The third kappa shape index (κ3) is 5.25. The van der Waals surface area contributed by atoms with Gasteiger partial charge in [-0.25, -0.2) is 0 Å².